The summed E-state index contributed by atoms with van der Waals surface area (Å²) in [5.41, 5.74) is 1.54. The first-order valence-electron chi connectivity index (χ1n) is 5.67. The number of hydrogen-bond acceptors (Lipinski definition) is 4. The van der Waals surface area contributed by atoms with Crippen LogP contribution in [0.4, 0.5) is 0 Å². The molecule has 0 saturated heterocycles. The van der Waals surface area contributed by atoms with E-state index in [4.69, 9.17) is 5.11 Å². The molecule has 1 heterocycles. The molecule has 0 bridgehead atoms. The highest BCUT2D eigenvalue weighted by Crippen LogP contribution is 2.16. The van der Waals surface area contributed by atoms with Crippen molar-refractivity contribution >= 4 is 17.7 Å². The molecule has 1 rings (SSSR count). The van der Waals surface area contributed by atoms with Gasteiger partial charge in [0.25, 0.3) is 0 Å². The molecule has 0 aliphatic rings. The first-order chi connectivity index (χ1) is 8.38. The number of rotatable bonds is 5. The van der Waals surface area contributed by atoms with Gasteiger partial charge in [-0.1, -0.05) is 0 Å². The molecule has 0 aliphatic heterocycles. The summed E-state index contributed by atoms with van der Waals surface area (Å²) >= 11 is 1.64. The standard InChI is InChI=1S/C12H18N2O3S/c1-7(6-18-4)14-9(3)10(5-11(15)16)8(2)13-12(14)17/h7H,5-6H2,1-4H3,(H,15,16). The summed E-state index contributed by atoms with van der Waals surface area (Å²) in [6.07, 6.45) is 1.87. The predicted molar refractivity (Wildman–Crippen MR) is 72.4 cm³/mol. The molecule has 5 nitrogen and oxygen atoms in total. The molecule has 1 atom stereocenters. The number of aliphatic carboxylic acids is 1. The maximum Gasteiger partial charge on any atom is 0.348 e. The van der Waals surface area contributed by atoms with Crippen molar-refractivity contribution in [2.75, 3.05) is 12.0 Å². The molecule has 0 aliphatic carbocycles. The van der Waals surface area contributed by atoms with Gasteiger partial charge in [0.15, 0.2) is 0 Å². The topological polar surface area (TPSA) is 72.2 Å². The Morgan fingerprint density at radius 2 is 2.11 bits per heavy atom. The third-order valence-corrected chi connectivity index (χ3v) is 3.70. The molecule has 1 unspecified atom stereocenters. The third-order valence-electron chi connectivity index (χ3n) is 2.88. The highest BCUT2D eigenvalue weighted by Gasteiger charge is 2.17. The number of aromatic nitrogens is 2. The van der Waals surface area contributed by atoms with Gasteiger partial charge in [-0.3, -0.25) is 9.36 Å². The van der Waals surface area contributed by atoms with Gasteiger partial charge in [-0.05, 0) is 27.0 Å². The Morgan fingerprint density at radius 1 is 1.50 bits per heavy atom. The van der Waals surface area contributed by atoms with Crippen molar-refractivity contribution in [1.29, 1.82) is 0 Å². The summed E-state index contributed by atoms with van der Waals surface area (Å²) in [4.78, 5) is 26.7. The highest BCUT2D eigenvalue weighted by atomic mass is 32.2. The lowest BCUT2D eigenvalue weighted by molar-refractivity contribution is -0.136. The monoisotopic (exact) mass is 270 g/mol. The van der Waals surface area contributed by atoms with Crippen molar-refractivity contribution in [2.24, 2.45) is 0 Å². The number of carbonyl (C=O) groups is 1. The minimum atomic E-state index is -0.911. The molecular formula is C12H18N2O3S. The first kappa shape index (κ1) is 14.8. The summed E-state index contributed by atoms with van der Waals surface area (Å²) in [5.74, 6) is -0.122. The van der Waals surface area contributed by atoms with E-state index in [0.29, 0.717) is 17.0 Å². The number of hydrogen-bond donors (Lipinski definition) is 1. The quantitative estimate of drug-likeness (QED) is 0.876. The molecule has 100 valence electrons. The van der Waals surface area contributed by atoms with Gasteiger partial charge in [0.05, 0.1) is 6.42 Å². The second kappa shape index (κ2) is 6.04. The fourth-order valence-electron chi connectivity index (χ4n) is 2.06. The number of nitrogens with zero attached hydrogens (tertiary/aromatic N) is 2. The van der Waals surface area contributed by atoms with Gasteiger partial charge in [0.2, 0.25) is 0 Å². The zero-order valence-electron chi connectivity index (χ0n) is 11.1. The molecule has 18 heavy (non-hydrogen) atoms. The van der Waals surface area contributed by atoms with Gasteiger partial charge in [0, 0.05) is 28.7 Å². The van der Waals surface area contributed by atoms with Crippen LogP contribution in [0.5, 0.6) is 0 Å². The van der Waals surface area contributed by atoms with Crippen molar-refractivity contribution in [3.63, 3.8) is 0 Å². The fourth-order valence-corrected chi connectivity index (χ4v) is 2.69. The Hall–Kier alpha value is -1.30. The van der Waals surface area contributed by atoms with Crippen LogP contribution in [-0.4, -0.2) is 32.6 Å². The Morgan fingerprint density at radius 3 is 2.61 bits per heavy atom. The highest BCUT2D eigenvalue weighted by molar-refractivity contribution is 7.98. The largest absolute Gasteiger partial charge is 0.481 e. The number of carboxylic acid groups (broad SMARTS) is 1. The Labute approximate surface area is 110 Å². The van der Waals surface area contributed by atoms with E-state index in [1.54, 1.807) is 30.2 Å². The molecule has 6 heteroatoms. The Balaban J connectivity index is 3.35. The summed E-state index contributed by atoms with van der Waals surface area (Å²) < 4.78 is 1.59. The molecule has 1 N–H and O–H groups in total. The third kappa shape index (κ3) is 3.13. The molecule has 0 radical (unpaired) electrons. The molecule has 0 amide bonds. The molecule has 1 aromatic rings. The van der Waals surface area contributed by atoms with Gasteiger partial charge >= 0.3 is 11.7 Å². The second-order valence-electron chi connectivity index (χ2n) is 4.29. The van der Waals surface area contributed by atoms with Gasteiger partial charge in [-0.15, -0.1) is 0 Å². The normalized spacial score (nSPS) is 12.4. The van der Waals surface area contributed by atoms with Gasteiger partial charge in [-0.25, -0.2) is 4.79 Å². The Bertz CT molecular complexity index is 511. The van der Waals surface area contributed by atoms with E-state index in [-0.39, 0.29) is 18.2 Å². The average molecular weight is 270 g/mol. The van der Waals surface area contributed by atoms with Crippen LogP contribution in [0.25, 0.3) is 0 Å². The summed E-state index contributed by atoms with van der Waals surface area (Å²) in [5, 5.41) is 8.90. The van der Waals surface area contributed by atoms with Crippen LogP contribution in [0.1, 0.15) is 29.9 Å². The fraction of sp³-hybridized carbons (Fsp3) is 0.583. The zero-order valence-corrected chi connectivity index (χ0v) is 11.9. The van der Waals surface area contributed by atoms with E-state index in [1.807, 2.05) is 13.2 Å². The van der Waals surface area contributed by atoms with Gasteiger partial charge < -0.3 is 5.11 Å². The van der Waals surface area contributed by atoms with Crippen molar-refractivity contribution in [2.45, 2.75) is 33.2 Å². The van der Waals surface area contributed by atoms with Crippen LogP contribution in [0.15, 0.2) is 4.79 Å². The lowest BCUT2D eigenvalue weighted by Crippen LogP contribution is -2.31. The van der Waals surface area contributed by atoms with Gasteiger partial charge in [0.1, 0.15) is 0 Å². The van der Waals surface area contributed by atoms with E-state index in [9.17, 15) is 9.59 Å². The number of thioether (sulfide) groups is 1. The van der Waals surface area contributed by atoms with Crippen LogP contribution in [0.3, 0.4) is 0 Å². The van der Waals surface area contributed by atoms with Crippen LogP contribution >= 0.6 is 11.8 Å². The lowest BCUT2D eigenvalue weighted by Gasteiger charge is -2.19. The molecule has 1 aromatic heterocycles. The predicted octanol–water partition coefficient (Wildman–Crippen LogP) is 1.41. The average Bonchev–Trinajstić information content (AvgIpc) is 2.24. The summed E-state index contributed by atoms with van der Waals surface area (Å²) in [6, 6.07) is 0.00754. The number of carboxylic acids is 1. The minimum absolute atomic E-state index is 0.00754. The minimum Gasteiger partial charge on any atom is -0.481 e. The smallest absolute Gasteiger partial charge is 0.348 e. The molecular weight excluding hydrogens is 252 g/mol. The maximum absolute atomic E-state index is 11.9. The molecule has 0 fully saturated rings. The van der Waals surface area contributed by atoms with E-state index in [2.05, 4.69) is 4.98 Å². The maximum atomic E-state index is 11.9. The lowest BCUT2D eigenvalue weighted by atomic mass is 10.1. The van der Waals surface area contributed by atoms with Crippen LogP contribution in [0.2, 0.25) is 0 Å². The molecule has 0 spiro atoms. The van der Waals surface area contributed by atoms with Crippen molar-refractivity contribution in [1.82, 2.24) is 9.55 Å². The van der Waals surface area contributed by atoms with Crippen LogP contribution < -0.4 is 5.69 Å². The molecule has 0 saturated carbocycles. The van der Waals surface area contributed by atoms with Crippen LogP contribution in [0, 0.1) is 13.8 Å². The Kier molecular flexibility index (Phi) is 4.95. The van der Waals surface area contributed by atoms with E-state index < -0.39 is 5.97 Å². The van der Waals surface area contributed by atoms with Crippen molar-refractivity contribution < 1.29 is 9.90 Å². The number of aryl methyl sites for hydroxylation is 1. The van der Waals surface area contributed by atoms with E-state index in [1.165, 1.54) is 0 Å². The van der Waals surface area contributed by atoms with Crippen molar-refractivity contribution in [3.8, 4) is 0 Å². The summed E-state index contributed by atoms with van der Waals surface area (Å²) in [7, 11) is 0. The zero-order chi connectivity index (χ0) is 13.9. The van der Waals surface area contributed by atoms with E-state index in [0.717, 1.165) is 5.75 Å². The van der Waals surface area contributed by atoms with E-state index >= 15 is 0 Å². The first-order valence-corrected chi connectivity index (χ1v) is 7.07. The summed E-state index contributed by atoms with van der Waals surface area (Å²) in [6.45, 7) is 5.40. The van der Waals surface area contributed by atoms with Gasteiger partial charge in [-0.2, -0.15) is 16.7 Å². The SMILES string of the molecule is CSCC(C)n1c(C)c(CC(=O)O)c(C)nc1=O. The second-order valence-corrected chi connectivity index (χ2v) is 5.20. The van der Waals surface area contributed by atoms with Crippen molar-refractivity contribution in [3.05, 3.63) is 27.4 Å². The van der Waals surface area contributed by atoms with Crippen LogP contribution in [-0.2, 0) is 11.2 Å². The molecule has 0 aromatic carbocycles.